The van der Waals surface area contributed by atoms with Crippen molar-refractivity contribution in [1.82, 2.24) is 5.32 Å². The maximum absolute atomic E-state index is 12.3. The van der Waals surface area contributed by atoms with Crippen LogP contribution in [0.2, 0.25) is 0 Å². The number of rotatable bonds is 4. The molecular weight excluding hydrogens is 270 g/mol. The van der Waals surface area contributed by atoms with Gasteiger partial charge in [-0.2, -0.15) is 0 Å². The monoisotopic (exact) mass is 287 g/mol. The van der Waals surface area contributed by atoms with E-state index in [2.05, 4.69) is 5.32 Å². The summed E-state index contributed by atoms with van der Waals surface area (Å²) in [5, 5.41) is 12.9. The molecule has 0 aliphatic heterocycles. The molecule has 1 heterocycles. The van der Waals surface area contributed by atoms with Gasteiger partial charge < -0.3 is 14.8 Å². The average molecular weight is 287 g/mol. The van der Waals surface area contributed by atoms with E-state index in [0.29, 0.717) is 18.6 Å². The molecule has 1 fully saturated rings. The van der Waals surface area contributed by atoms with Crippen molar-refractivity contribution in [2.24, 2.45) is 0 Å². The van der Waals surface area contributed by atoms with Gasteiger partial charge >= 0.3 is 5.97 Å². The molecule has 1 unspecified atom stereocenters. The van der Waals surface area contributed by atoms with Gasteiger partial charge in [-0.05, 0) is 38.3 Å². The maximum atomic E-state index is 12.3. The summed E-state index contributed by atoms with van der Waals surface area (Å²) >= 11 is 0. The minimum atomic E-state index is -1.09. The fourth-order valence-corrected chi connectivity index (χ4v) is 2.61. The SMILES string of the molecule is CC(C(=O)NC1(C(=O)O)CCC1)c1cc2ccccc2o1. The first-order valence-electron chi connectivity index (χ1n) is 7.06. The van der Waals surface area contributed by atoms with Crippen LogP contribution in [-0.2, 0) is 9.59 Å². The number of carbonyl (C=O) groups is 2. The molecule has 0 spiro atoms. The summed E-state index contributed by atoms with van der Waals surface area (Å²) in [6.45, 7) is 1.72. The molecule has 110 valence electrons. The lowest BCUT2D eigenvalue weighted by atomic mass is 9.76. The number of carboxylic acids is 1. The van der Waals surface area contributed by atoms with Crippen LogP contribution in [0.3, 0.4) is 0 Å². The minimum absolute atomic E-state index is 0.309. The van der Waals surface area contributed by atoms with Crippen LogP contribution in [0, 0.1) is 0 Å². The van der Waals surface area contributed by atoms with Crippen molar-refractivity contribution in [3.05, 3.63) is 36.1 Å². The third-order valence-corrected chi connectivity index (χ3v) is 4.24. The van der Waals surface area contributed by atoms with Crippen molar-refractivity contribution in [1.29, 1.82) is 0 Å². The molecule has 2 N–H and O–H groups in total. The number of hydrogen-bond donors (Lipinski definition) is 2. The lowest BCUT2D eigenvalue weighted by molar-refractivity contribution is -0.152. The summed E-state index contributed by atoms with van der Waals surface area (Å²) in [7, 11) is 0. The average Bonchev–Trinajstić information content (AvgIpc) is 2.85. The molecule has 1 aromatic heterocycles. The number of aliphatic carboxylic acids is 1. The Labute approximate surface area is 121 Å². The van der Waals surface area contributed by atoms with Gasteiger partial charge in [0.2, 0.25) is 5.91 Å². The number of hydrogen-bond acceptors (Lipinski definition) is 3. The van der Waals surface area contributed by atoms with Crippen molar-refractivity contribution in [3.63, 3.8) is 0 Å². The molecule has 1 aliphatic carbocycles. The fourth-order valence-electron chi connectivity index (χ4n) is 2.61. The Balaban J connectivity index is 1.79. The standard InChI is InChI=1S/C16H17NO4/c1-10(13-9-11-5-2-3-6-12(11)21-13)14(18)17-16(15(19)20)7-4-8-16/h2-3,5-6,9-10H,4,7-8H2,1H3,(H,17,18)(H,19,20). The van der Waals surface area contributed by atoms with Crippen molar-refractivity contribution in [3.8, 4) is 0 Å². The second-order valence-electron chi connectivity index (χ2n) is 5.64. The molecule has 1 aromatic carbocycles. The Morgan fingerprint density at radius 1 is 1.33 bits per heavy atom. The Kier molecular flexibility index (Phi) is 3.20. The normalized spacial score (nSPS) is 18.0. The van der Waals surface area contributed by atoms with Gasteiger partial charge in [-0.15, -0.1) is 0 Å². The lowest BCUT2D eigenvalue weighted by Gasteiger charge is -2.38. The Morgan fingerprint density at radius 2 is 2.05 bits per heavy atom. The van der Waals surface area contributed by atoms with Gasteiger partial charge in [0.15, 0.2) is 0 Å². The number of benzene rings is 1. The number of carboxylic acid groups (broad SMARTS) is 1. The summed E-state index contributed by atoms with van der Waals surface area (Å²) < 4.78 is 5.67. The van der Waals surface area contributed by atoms with Crippen LogP contribution < -0.4 is 5.32 Å². The van der Waals surface area contributed by atoms with E-state index < -0.39 is 17.4 Å². The second kappa shape index (κ2) is 4.91. The zero-order valence-corrected chi connectivity index (χ0v) is 11.8. The Morgan fingerprint density at radius 3 is 2.62 bits per heavy atom. The third-order valence-electron chi connectivity index (χ3n) is 4.24. The van der Waals surface area contributed by atoms with Crippen LogP contribution in [0.4, 0.5) is 0 Å². The van der Waals surface area contributed by atoms with Gasteiger partial charge in [0.05, 0.1) is 5.92 Å². The Hall–Kier alpha value is -2.30. The van der Waals surface area contributed by atoms with Gasteiger partial charge in [0, 0.05) is 5.39 Å². The van der Waals surface area contributed by atoms with Crippen LogP contribution >= 0.6 is 0 Å². The molecule has 2 aromatic rings. The Bertz CT molecular complexity index is 666. The van der Waals surface area contributed by atoms with Crippen LogP contribution in [-0.4, -0.2) is 22.5 Å². The van der Waals surface area contributed by atoms with Gasteiger partial charge in [-0.25, -0.2) is 4.79 Å². The second-order valence-corrected chi connectivity index (χ2v) is 5.64. The molecule has 0 radical (unpaired) electrons. The number of carbonyl (C=O) groups excluding carboxylic acids is 1. The number of para-hydroxylation sites is 1. The van der Waals surface area contributed by atoms with Crippen molar-refractivity contribution < 1.29 is 19.1 Å². The molecule has 1 aliphatic rings. The summed E-state index contributed by atoms with van der Waals surface area (Å²) in [5.74, 6) is -1.24. The first-order valence-corrected chi connectivity index (χ1v) is 7.06. The molecular formula is C16H17NO4. The van der Waals surface area contributed by atoms with Gasteiger partial charge in [0.1, 0.15) is 16.9 Å². The van der Waals surface area contributed by atoms with Crippen LogP contribution in [0.1, 0.15) is 37.9 Å². The highest BCUT2D eigenvalue weighted by atomic mass is 16.4. The first kappa shape index (κ1) is 13.7. The molecule has 5 nitrogen and oxygen atoms in total. The topological polar surface area (TPSA) is 79.5 Å². The molecule has 0 saturated heterocycles. The smallest absolute Gasteiger partial charge is 0.329 e. The van der Waals surface area contributed by atoms with E-state index in [0.717, 1.165) is 17.4 Å². The number of fused-ring (bicyclic) bond motifs is 1. The quantitative estimate of drug-likeness (QED) is 0.906. The summed E-state index contributed by atoms with van der Waals surface area (Å²) in [4.78, 5) is 23.6. The van der Waals surface area contributed by atoms with E-state index >= 15 is 0 Å². The molecule has 5 heteroatoms. The lowest BCUT2D eigenvalue weighted by Crippen LogP contribution is -2.59. The van der Waals surface area contributed by atoms with E-state index in [-0.39, 0.29) is 5.91 Å². The molecule has 1 atom stereocenters. The van der Waals surface area contributed by atoms with Crippen LogP contribution in [0.25, 0.3) is 11.0 Å². The molecule has 1 amide bonds. The largest absolute Gasteiger partial charge is 0.480 e. The highest BCUT2D eigenvalue weighted by Gasteiger charge is 2.46. The van der Waals surface area contributed by atoms with E-state index in [1.807, 2.05) is 30.3 Å². The fraction of sp³-hybridized carbons (Fsp3) is 0.375. The van der Waals surface area contributed by atoms with Gasteiger partial charge in [-0.3, -0.25) is 4.79 Å². The van der Waals surface area contributed by atoms with E-state index in [1.54, 1.807) is 6.92 Å². The third kappa shape index (κ3) is 2.28. The van der Waals surface area contributed by atoms with E-state index in [9.17, 15) is 14.7 Å². The summed E-state index contributed by atoms with van der Waals surface area (Å²) in [5.41, 5.74) is -0.360. The van der Waals surface area contributed by atoms with Crippen molar-refractivity contribution >= 4 is 22.8 Å². The minimum Gasteiger partial charge on any atom is -0.480 e. The van der Waals surface area contributed by atoms with Gasteiger partial charge in [0.25, 0.3) is 0 Å². The predicted molar refractivity (Wildman–Crippen MR) is 77.0 cm³/mol. The van der Waals surface area contributed by atoms with E-state index in [1.165, 1.54) is 0 Å². The van der Waals surface area contributed by atoms with Gasteiger partial charge in [-0.1, -0.05) is 18.2 Å². The molecule has 21 heavy (non-hydrogen) atoms. The molecule has 0 bridgehead atoms. The number of nitrogens with one attached hydrogen (secondary N) is 1. The summed E-state index contributed by atoms with van der Waals surface area (Å²) in [6.07, 6.45) is 1.80. The highest BCUT2D eigenvalue weighted by molar-refractivity contribution is 5.91. The molecule has 3 rings (SSSR count). The molecule has 1 saturated carbocycles. The van der Waals surface area contributed by atoms with Crippen molar-refractivity contribution in [2.75, 3.05) is 0 Å². The highest BCUT2D eigenvalue weighted by Crippen LogP contribution is 2.33. The number of amides is 1. The number of furan rings is 1. The predicted octanol–water partition coefficient (Wildman–Crippen LogP) is 2.66. The maximum Gasteiger partial charge on any atom is 0.329 e. The first-order chi connectivity index (χ1) is 10.0. The van der Waals surface area contributed by atoms with Crippen molar-refractivity contribution in [2.45, 2.75) is 37.6 Å². The van der Waals surface area contributed by atoms with Crippen LogP contribution in [0.15, 0.2) is 34.7 Å². The summed E-state index contributed by atoms with van der Waals surface area (Å²) in [6, 6.07) is 9.36. The van der Waals surface area contributed by atoms with Crippen LogP contribution in [0.5, 0.6) is 0 Å². The zero-order chi connectivity index (χ0) is 15.0. The zero-order valence-electron chi connectivity index (χ0n) is 11.8. The van der Waals surface area contributed by atoms with E-state index in [4.69, 9.17) is 4.42 Å².